The maximum Gasteiger partial charge on any atom is 0.269 e. The molecule has 1 aromatic heterocycles. The minimum Gasteiger partial charge on any atom is -0.331 e. The number of nitro groups is 1. The molecule has 1 saturated carbocycles. The lowest BCUT2D eigenvalue weighted by atomic mass is 9.93. The minimum absolute atomic E-state index is 0.0454. The maximum absolute atomic E-state index is 13.4. The molecule has 7 nitrogen and oxygen atoms in total. The van der Waals surface area contributed by atoms with Gasteiger partial charge in [0, 0.05) is 34.8 Å². The van der Waals surface area contributed by atoms with Crippen molar-refractivity contribution in [2.24, 2.45) is 0 Å². The highest BCUT2D eigenvalue weighted by atomic mass is 16.6. The van der Waals surface area contributed by atoms with E-state index in [1.807, 2.05) is 31.2 Å². The van der Waals surface area contributed by atoms with Gasteiger partial charge in [0.2, 0.25) is 0 Å². The van der Waals surface area contributed by atoms with Crippen molar-refractivity contribution >= 4 is 22.5 Å². The Hall–Kier alpha value is -3.48. The van der Waals surface area contributed by atoms with Crippen molar-refractivity contribution in [1.82, 2.24) is 9.88 Å². The highest BCUT2D eigenvalue weighted by molar-refractivity contribution is 5.94. The lowest BCUT2D eigenvalue weighted by Crippen LogP contribution is -2.42. The van der Waals surface area contributed by atoms with Gasteiger partial charge in [-0.05, 0) is 55.5 Å². The molecule has 3 aromatic rings. The Labute approximate surface area is 179 Å². The summed E-state index contributed by atoms with van der Waals surface area (Å²) in [6.45, 7) is 2.20. The minimum atomic E-state index is -0.482. The number of fused-ring (bicyclic) bond motifs is 1. The Morgan fingerprint density at radius 3 is 2.48 bits per heavy atom. The zero-order valence-electron chi connectivity index (χ0n) is 17.5. The number of hydrogen-bond donors (Lipinski definition) is 1. The molecule has 0 unspecified atom stereocenters. The number of rotatable bonds is 5. The Balaban J connectivity index is 1.69. The third-order valence-corrected chi connectivity index (χ3v) is 6.02. The molecule has 1 aliphatic rings. The molecule has 0 spiro atoms. The van der Waals surface area contributed by atoms with Crippen molar-refractivity contribution in [3.05, 3.63) is 85.7 Å². The summed E-state index contributed by atoms with van der Waals surface area (Å²) in [5, 5.41) is 11.9. The van der Waals surface area contributed by atoms with Crippen LogP contribution < -0.4 is 5.56 Å². The van der Waals surface area contributed by atoms with Gasteiger partial charge in [0.25, 0.3) is 17.2 Å². The van der Waals surface area contributed by atoms with Crippen LogP contribution in [-0.4, -0.2) is 26.8 Å². The number of aryl methyl sites for hydroxylation is 1. The highest BCUT2D eigenvalue weighted by Crippen LogP contribution is 2.26. The van der Waals surface area contributed by atoms with E-state index in [1.54, 1.807) is 4.90 Å². The van der Waals surface area contributed by atoms with Gasteiger partial charge in [0.15, 0.2) is 0 Å². The Kier molecular flexibility index (Phi) is 5.84. The van der Waals surface area contributed by atoms with Crippen LogP contribution in [0.1, 0.15) is 53.6 Å². The lowest BCUT2D eigenvalue weighted by molar-refractivity contribution is -0.384. The molecular formula is C24H25N3O4. The molecule has 0 aliphatic heterocycles. The lowest BCUT2D eigenvalue weighted by Gasteiger charge is -2.34. The van der Waals surface area contributed by atoms with Gasteiger partial charge >= 0.3 is 0 Å². The van der Waals surface area contributed by atoms with E-state index >= 15 is 0 Å². The number of nitrogens with zero attached hydrogens (tertiary/aromatic N) is 2. The molecule has 0 atom stereocenters. The monoisotopic (exact) mass is 419 g/mol. The first-order chi connectivity index (χ1) is 14.9. The van der Waals surface area contributed by atoms with E-state index in [4.69, 9.17) is 0 Å². The van der Waals surface area contributed by atoms with E-state index in [-0.39, 0.29) is 29.7 Å². The first kappa shape index (κ1) is 20.8. The summed E-state index contributed by atoms with van der Waals surface area (Å²) in [6, 6.07) is 13.4. The number of non-ortho nitro benzene ring substituents is 1. The Morgan fingerprint density at radius 2 is 1.81 bits per heavy atom. The molecule has 7 heteroatoms. The number of aromatic nitrogens is 1. The Morgan fingerprint density at radius 1 is 1.10 bits per heavy atom. The number of aromatic amines is 1. The molecule has 2 aromatic carbocycles. The number of carbonyl (C=O) groups is 1. The predicted octanol–water partition coefficient (Wildman–Crippen LogP) is 4.72. The average Bonchev–Trinajstić information content (AvgIpc) is 2.78. The van der Waals surface area contributed by atoms with E-state index in [0.29, 0.717) is 11.1 Å². The molecule has 160 valence electrons. The number of nitro benzene ring substituents is 1. The van der Waals surface area contributed by atoms with Crippen LogP contribution in [0.2, 0.25) is 0 Å². The zero-order chi connectivity index (χ0) is 22.0. The second kappa shape index (κ2) is 8.71. The quantitative estimate of drug-likeness (QED) is 0.478. The second-order valence-electron chi connectivity index (χ2n) is 8.24. The molecule has 1 aliphatic carbocycles. The molecule has 1 amide bonds. The molecule has 0 bridgehead atoms. The SMILES string of the molecule is Cc1ccc2[nH]c(=O)c(CN(C(=O)c3ccc([N+](=O)[O-])cc3)C3CCCCC3)cc2c1. The van der Waals surface area contributed by atoms with Crippen LogP contribution in [-0.2, 0) is 6.54 Å². The number of H-pyrrole nitrogens is 1. The van der Waals surface area contributed by atoms with Crippen molar-refractivity contribution in [1.29, 1.82) is 0 Å². The van der Waals surface area contributed by atoms with Gasteiger partial charge in [0.05, 0.1) is 11.5 Å². The average molecular weight is 419 g/mol. The summed E-state index contributed by atoms with van der Waals surface area (Å²) in [5.74, 6) is -0.203. The second-order valence-corrected chi connectivity index (χ2v) is 8.24. The van der Waals surface area contributed by atoms with E-state index in [0.717, 1.165) is 48.6 Å². The third-order valence-electron chi connectivity index (χ3n) is 6.02. The van der Waals surface area contributed by atoms with Gasteiger partial charge in [-0.3, -0.25) is 19.7 Å². The van der Waals surface area contributed by atoms with Gasteiger partial charge in [0.1, 0.15) is 0 Å². The number of amides is 1. The van der Waals surface area contributed by atoms with Gasteiger partial charge in [-0.15, -0.1) is 0 Å². The Bertz CT molecular complexity index is 1180. The van der Waals surface area contributed by atoms with Crippen molar-refractivity contribution in [3.8, 4) is 0 Å². The molecule has 0 radical (unpaired) electrons. The number of benzene rings is 2. The molecule has 1 fully saturated rings. The smallest absolute Gasteiger partial charge is 0.269 e. The van der Waals surface area contributed by atoms with Crippen LogP contribution in [0.4, 0.5) is 5.69 Å². The molecule has 0 saturated heterocycles. The van der Waals surface area contributed by atoms with Crippen LogP contribution in [0.3, 0.4) is 0 Å². The largest absolute Gasteiger partial charge is 0.331 e. The molecule has 31 heavy (non-hydrogen) atoms. The normalized spacial score (nSPS) is 14.5. The molecule has 1 heterocycles. The first-order valence-electron chi connectivity index (χ1n) is 10.6. The summed E-state index contributed by atoms with van der Waals surface area (Å²) in [6.07, 6.45) is 5.02. The van der Waals surface area contributed by atoms with Crippen LogP contribution in [0.15, 0.2) is 53.3 Å². The van der Waals surface area contributed by atoms with Crippen LogP contribution in [0.5, 0.6) is 0 Å². The number of carbonyl (C=O) groups excluding carboxylic acids is 1. The van der Waals surface area contributed by atoms with Crippen molar-refractivity contribution in [2.75, 3.05) is 0 Å². The van der Waals surface area contributed by atoms with E-state index in [2.05, 4.69) is 4.98 Å². The molecule has 4 rings (SSSR count). The van der Waals surface area contributed by atoms with Gasteiger partial charge in [-0.1, -0.05) is 30.9 Å². The number of hydrogen-bond acceptors (Lipinski definition) is 4. The summed E-state index contributed by atoms with van der Waals surface area (Å²) in [7, 11) is 0. The van der Waals surface area contributed by atoms with E-state index in [9.17, 15) is 19.7 Å². The fourth-order valence-electron chi connectivity index (χ4n) is 4.32. The molecular weight excluding hydrogens is 394 g/mol. The summed E-state index contributed by atoms with van der Waals surface area (Å²) >= 11 is 0. The summed E-state index contributed by atoms with van der Waals surface area (Å²) in [5.41, 5.74) is 2.54. The fraction of sp³-hybridized carbons (Fsp3) is 0.333. The van der Waals surface area contributed by atoms with Crippen LogP contribution in [0.25, 0.3) is 10.9 Å². The number of nitrogens with one attached hydrogen (secondary N) is 1. The first-order valence-corrected chi connectivity index (χ1v) is 10.6. The predicted molar refractivity (Wildman–Crippen MR) is 119 cm³/mol. The van der Waals surface area contributed by atoms with Crippen LogP contribution >= 0.6 is 0 Å². The van der Waals surface area contributed by atoms with Gasteiger partial charge in [-0.25, -0.2) is 0 Å². The fourth-order valence-corrected chi connectivity index (χ4v) is 4.32. The molecule has 1 N–H and O–H groups in total. The highest BCUT2D eigenvalue weighted by Gasteiger charge is 2.27. The zero-order valence-corrected chi connectivity index (χ0v) is 17.5. The maximum atomic E-state index is 13.4. The number of pyridine rings is 1. The van der Waals surface area contributed by atoms with Crippen LogP contribution in [0, 0.1) is 17.0 Å². The van der Waals surface area contributed by atoms with Gasteiger partial charge < -0.3 is 9.88 Å². The standard InChI is InChI=1S/C24H25N3O4/c1-16-7-12-22-18(13-16)14-19(23(28)25-22)15-26(20-5-3-2-4-6-20)24(29)17-8-10-21(11-9-17)27(30)31/h7-14,20H,2-6,15H2,1H3,(H,25,28). The van der Waals surface area contributed by atoms with Crippen molar-refractivity contribution < 1.29 is 9.72 Å². The van der Waals surface area contributed by atoms with E-state index in [1.165, 1.54) is 24.3 Å². The van der Waals surface area contributed by atoms with Crippen molar-refractivity contribution in [3.63, 3.8) is 0 Å². The summed E-state index contributed by atoms with van der Waals surface area (Å²) in [4.78, 5) is 41.3. The third kappa shape index (κ3) is 4.50. The van der Waals surface area contributed by atoms with Gasteiger partial charge in [-0.2, -0.15) is 0 Å². The summed E-state index contributed by atoms with van der Waals surface area (Å²) < 4.78 is 0. The topological polar surface area (TPSA) is 96.3 Å². The van der Waals surface area contributed by atoms with Crippen molar-refractivity contribution in [2.45, 2.75) is 51.6 Å². The van der Waals surface area contributed by atoms with E-state index < -0.39 is 4.92 Å².